The molecule has 4 nitrogen and oxygen atoms in total. The van der Waals surface area contributed by atoms with E-state index in [0.29, 0.717) is 29.6 Å². The Balaban J connectivity index is 2.08. The maximum atomic E-state index is 10.2. The lowest BCUT2D eigenvalue weighted by atomic mass is 10.3. The van der Waals surface area contributed by atoms with Crippen LogP contribution in [-0.4, -0.2) is 25.8 Å². The molecule has 1 saturated heterocycles. The third kappa shape index (κ3) is 2.84. The molecular formula is C10H9ClO4. The first kappa shape index (κ1) is 10.3. The van der Waals surface area contributed by atoms with Crippen molar-refractivity contribution in [3.63, 3.8) is 0 Å². The van der Waals surface area contributed by atoms with Gasteiger partial charge in [-0.15, -0.1) is 0 Å². The maximum Gasteiger partial charge on any atom is 0.298 e. The van der Waals surface area contributed by atoms with E-state index in [1.54, 1.807) is 12.1 Å². The molecule has 0 aromatic heterocycles. The van der Waals surface area contributed by atoms with E-state index in [1.165, 1.54) is 6.07 Å². The van der Waals surface area contributed by atoms with Crippen LogP contribution in [0, 0.1) is 0 Å². The van der Waals surface area contributed by atoms with Crippen LogP contribution in [0.25, 0.3) is 0 Å². The Morgan fingerprint density at radius 2 is 2.33 bits per heavy atom. The maximum absolute atomic E-state index is 10.2. The summed E-state index contributed by atoms with van der Waals surface area (Å²) in [4.78, 5) is 10.2. The minimum absolute atomic E-state index is 0.157. The Bertz CT molecular complexity index is 362. The first-order chi connectivity index (χ1) is 7.29. The van der Waals surface area contributed by atoms with Crippen LogP contribution < -0.4 is 9.47 Å². The van der Waals surface area contributed by atoms with Crippen LogP contribution in [0.2, 0.25) is 5.02 Å². The molecule has 1 aliphatic rings. The Morgan fingerprint density at radius 3 is 3.00 bits per heavy atom. The van der Waals surface area contributed by atoms with Gasteiger partial charge in [0.15, 0.2) is 11.5 Å². The molecule has 15 heavy (non-hydrogen) atoms. The first-order valence-corrected chi connectivity index (χ1v) is 4.81. The summed E-state index contributed by atoms with van der Waals surface area (Å²) < 4.78 is 15.1. The molecule has 0 bridgehead atoms. The smallest absolute Gasteiger partial charge is 0.298 e. The highest BCUT2D eigenvalue weighted by atomic mass is 35.5. The highest BCUT2D eigenvalue weighted by Gasteiger charge is 2.23. The fourth-order valence-corrected chi connectivity index (χ4v) is 1.25. The Morgan fingerprint density at radius 1 is 1.53 bits per heavy atom. The zero-order valence-electron chi connectivity index (χ0n) is 7.81. The van der Waals surface area contributed by atoms with E-state index in [9.17, 15) is 4.79 Å². The fraction of sp³-hybridized carbons (Fsp3) is 0.300. The number of carbonyl (C=O) groups is 1. The monoisotopic (exact) mass is 228 g/mol. The second-order valence-corrected chi connectivity index (χ2v) is 3.51. The van der Waals surface area contributed by atoms with Crippen molar-refractivity contribution in [2.45, 2.75) is 6.10 Å². The molecule has 0 unspecified atom stereocenters. The molecule has 0 amide bonds. The van der Waals surface area contributed by atoms with Crippen molar-refractivity contribution < 1.29 is 19.0 Å². The van der Waals surface area contributed by atoms with Crippen LogP contribution in [0.15, 0.2) is 18.2 Å². The summed E-state index contributed by atoms with van der Waals surface area (Å²) in [6, 6.07) is 4.85. The Labute approximate surface area is 91.7 Å². The van der Waals surface area contributed by atoms with Crippen molar-refractivity contribution in [2.75, 3.05) is 13.2 Å². The van der Waals surface area contributed by atoms with Crippen LogP contribution in [0.3, 0.4) is 0 Å². The van der Waals surface area contributed by atoms with E-state index in [-0.39, 0.29) is 6.10 Å². The van der Waals surface area contributed by atoms with E-state index >= 15 is 0 Å². The van der Waals surface area contributed by atoms with E-state index in [2.05, 4.69) is 0 Å². The average molecular weight is 229 g/mol. The Hall–Kier alpha value is -1.26. The lowest BCUT2D eigenvalue weighted by molar-refractivity contribution is -0.120. The first-order valence-electron chi connectivity index (χ1n) is 4.44. The molecule has 0 N–H and O–H groups in total. The molecule has 0 saturated carbocycles. The van der Waals surface area contributed by atoms with Crippen molar-refractivity contribution in [3.05, 3.63) is 23.2 Å². The third-order valence-corrected chi connectivity index (χ3v) is 2.14. The van der Waals surface area contributed by atoms with Gasteiger partial charge in [-0.05, 0) is 12.1 Å². The minimum atomic E-state index is 0.157. The number of epoxide rings is 1. The number of rotatable bonds is 5. The predicted molar refractivity (Wildman–Crippen MR) is 53.4 cm³/mol. The van der Waals surface area contributed by atoms with Crippen molar-refractivity contribution in [1.29, 1.82) is 0 Å². The number of hydrogen-bond donors (Lipinski definition) is 0. The molecule has 1 atom stereocenters. The molecular weight excluding hydrogens is 220 g/mol. The van der Waals surface area contributed by atoms with Crippen LogP contribution >= 0.6 is 11.6 Å². The van der Waals surface area contributed by atoms with E-state index in [1.807, 2.05) is 0 Å². The number of halogens is 1. The molecule has 1 aromatic rings. The van der Waals surface area contributed by atoms with Gasteiger partial charge >= 0.3 is 0 Å². The van der Waals surface area contributed by atoms with Crippen molar-refractivity contribution in [3.8, 4) is 11.5 Å². The van der Waals surface area contributed by atoms with Crippen molar-refractivity contribution >= 4 is 18.1 Å². The second kappa shape index (κ2) is 4.51. The summed E-state index contributed by atoms with van der Waals surface area (Å²) in [6.07, 6.45) is 0.157. The summed E-state index contributed by atoms with van der Waals surface area (Å²) in [6.45, 7) is 1.51. The van der Waals surface area contributed by atoms with Gasteiger partial charge in [0, 0.05) is 11.1 Å². The number of benzene rings is 1. The molecule has 5 heteroatoms. The van der Waals surface area contributed by atoms with Gasteiger partial charge in [0.1, 0.15) is 12.7 Å². The van der Waals surface area contributed by atoms with E-state index in [4.69, 9.17) is 25.8 Å². The van der Waals surface area contributed by atoms with Gasteiger partial charge in [0.05, 0.1) is 6.61 Å². The molecule has 0 aliphatic carbocycles. The minimum Gasteiger partial charge on any atom is -0.487 e. The molecule has 1 aliphatic heterocycles. The summed E-state index contributed by atoms with van der Waals surface area (Å²) >= 11 is 5.75. The highest BCUT2D eigenvalue weighted by molar-refractivity contribution is 6.30. The third-order valence-electron chi connectivity index (χ3n) is 1.91. The van der Waals surface area contributed by atoms with Gasteiger partial charge in [0.2, 0.25) is 0 Å². The van der Waals surface area contributed by atoms with Crippen molar-refractivity contribution in [1.82, 2.24) is 0 Å². The number of hydrogen-bond acceptors (Lipinski definition) is 4. The molecule has 1 fully saturated rings. The second-order valence-electron chi connectivity index (χ2n) is 3.07. The fourth-order valence-electron chi connectivity index (χ4n) is 1.09. The zero-order chi connectivity index (χ0) is 10.7. The normalized spacial score (nSPS) is 18.3. The summed E-state index contributed by atoms with van der Waals surface area (Å²) in [7, 11) is 0. The lowest BCUT2D eigenvalue weighted by Crippen LogP contribution is -2.05. The summed E-state index contributed by atoms with van der Waals surface area (Å²) in [5, 5.41) is 0.488. The SMILES string of the molecule is O=COc1cc(Cl)ccc1OC[C@H]1CO1. The van der Waals surface area contributed by atoms with Crippen LogP contribution in [0.5, 0.6) is 11.5 Å². The predicted octanol–water partition coefficient (Wildman–Crippen LogP) is 1.65. The zero-order valence-corrected chi connectivity index (χ0v) is 8.57. The van der Waals surface area contributed by atoms with Crippen LogP contribution in [0.1, 0.15) is 0 Å². The number of carbonyl (C=O) groups excluding carboxylic acids is 1. The number of ether oxygens (including phenoxy) is 3. The van der Waals surface area contributed by atoms with Crippen LogP contribution in [-0.2, 0) is 9.53 Å². The lowest BCUT2D eigenvalue weighted by Gasteiger charge is -2.08. The molecule has 2 rings (SSSR count). The van der Waals surface area contributed by atoms with Gasteiger partial charge in [-0.3, -0.25) is 4.79 Å². The van der Waals surface area contributed by atoms with Gasteiger partial charge in [0.25, 0.3) is 6.47 Å². The van der Waals surface area contributed by atoms with Crippen molar-refractivity contribution in [2.24, 2.45) is 0 Å². The summed E-state index contributed by atoms with van der Waals surface area (Å²) in [5.41, 5.74) is 0. The van der Waals surface area contributed by atoms with Gasteiger partial charge in [-0.1, -0.05) is 11.6 Å². The molecule has 0 spiro atoms. The molecule has 0 radical (unpaired) electrons. The largest absolute Gasteiger partial charge is 0.487 e. The average Bonchev–Trinajstić information content (AvgIpc) is 3.01. The molecule has 1 aromatic carbocycles. The highest BCUT2D eigenvalue weighted by Crippen LogP contribution is 2.30. The van der Waals surface area contributed by atoms with Gasteiger partial charge in [-0.2, -0.15) is 0 Å². The van der Waals surface area contributed by atoms with Gasteiger partial charge in [-0.25, -0.2) is 0 Å². The summed E-state index contributed by atoms with van der Waals surface area (Å²) in [5.74, 6) is 0.806. The standard InChI is InChI=1S/C10H9ClO4/c11-7-1-2-9(10(3-7)15-6-12)14-5-8-4-13-8/h1-3,6,8H,4-5H2/t8-/m1/s1. The van der Waals surface area contributed by atoms with Gasteiger partial charge < -0.3 is 14.2 Å². The topological polar surface area (TPSA) is 48.1 Å². The molecule has 1 heterocycles. The van der Waals surface area contributed by atoms with Crippen LogP contribution in [0.4, 0.5) is 0 Å². The molecule has 80 valence electrons. The van der Waals surface area contributed by atoms with E-state index < -0.39 is 0 Å². The van der Waals surface area contributed by atoms with E-state index in [0.717, 1.165) is 6.61 Å². The quantitative estimate of drug-likeness (QED) is 0.568. The Kier molecular flexibility index (Phi) is 3.08.